The van der Waals surface area contributed by atoms with Gasteiger partial charge in [0, 0.05) is 11.5 Å². The lowest BCUT2D eigenvalue weighted by molar-refractivity contribution is -0.138. The van der Waals surface area contributed by atoms with E-state index in [1.165, 1.54) is 32.1 Å². The average molecular weight is 356 g/mol. The third kappa shape index (κ3) is 2.72. The van der Waals surface area contributed by atoms with Crippen LogP contribution in [0.2, 0.25) is 0 Å². The van der Waals surface area contributed by atoms with Crippen LogP contribution in [0.5, 0.6) is 11.5 Å². The number of hydrogen-bond acceptors (Lipinski definition) is 4. The highest BCUT2D eigenvalue weighted by Gasteiger charge is 2.50. The number of fused-ring (bicyclic) bond motifs is 1. The van der Waals surface area contributed by atoms with Gasteiger partial charge in [-0.2, -0.15) is 0 Å². The van der Waals surface area contributed by atoms with Gasteiger partial charge in [0.05, 0.1) is 0 Å². The first-order chi connectivity index (χ1) is 12.7. The van der Waals surface area contributed by atoms with E-state index in [9.17, 15) is 9.59 Å². The van der Waals surface area contributed by atoms with Crippen molar-refractivity contribution in [2.75, 3.05) is 13.2 Å². The second-order valence-electron chi connectivity index (χ2n) is 8.26. The Morgan fingerprint density at radius 1 is 0.846 bits per heavy atom. The summed E-state index contributed by atoms with van der Waals surface area (Å²) >= 11 is 0. The van der Waals surface area contributed by atoms with Gasteiger partial charge in [0.15, 0.2) is 11.5 Å². The minimum Gasteiger partial charge on any atom is -0.486 e. The highest BCUT2D eigenvalue weighted by atomic mass is 16.6. The molecule has 2 N–H and O–H groups in total. The van der Waals surface area contributed by atoms with Crippen LogP contribution in [0.25, 0.3) is 0 Å². The van der Waals surface area contributed by atoms with Crippen molar-refractivity contribution in [3.63, 3.8) is 0 Å². The van der Waals surface area contributed by atoms with E-state index in [-0.39, 0.29) is 17.7 Å². The van der Waals surface area contributed by atoms with Gasteiger partial charge in [-0.25, -0.2) is 0 Å². The van der Waals surface area contributed by atoms with Crippen molar-refractivity contribution in [2.24, 2.45) is 29.6 Å². The zero-order valence-electron chi connectivity index (χ0n) is 14.7. The van der Waals surface area contributed by atoms with E-state index in [0.717, 1.165) is 11.8 Å². The Bertz CT molecular complexity index is 719. The Labute approximate surface area is 152 Å². The van der Waals surface area contributed by atoms with Crippen LogP contribution in [0.15, 0.2) is 18.2 Å². The summed E-state index contributed by atoms with van der Waals surface area (Å²) in [5, 5.41) is 0. The van der Waals surface area contributed by atoms with Crippen LogP contribution >= 0.6 is 0 Å². The fraction of sp³-hybridized carbons (Fsp3) is 0.600. The van der Waals surface area contributed by atoms with Crippen molar-refractivity contribution < 1.29 is 19.1 Å². The van der Waals surface area contributed by atoms with Crippen molar-refractivity contribution in [2.45, 2.75) is 32.1 Å². The van der Waals surface area contributed by atoms with Gasteiger partial charge in [0.2, 0.25) is 5.91 Å². The van der Waals surface area contributed by atoms with Gasteiger partial charge in [0.25, 0.3) is 5.91 Å². The normalized spacial score (nSPS) is 33.6. The summed E-state index contributed by atoms with van der Waals surface area (Å²) in [5.74, 6) is 3.56. The molecule has 1 aromatic carbocycles. The minimum atomic E-state index is -0.334. The van der Waals surface area contributed by atoms with Crippen molar-refractivity contribution >= 4 is 11.8 Å². The number of carbonyl (C=O) groups excluding carboxylic acids is 2. The third-order valence-corrected chi connectivity index (χ3v) is 6.63. The highest BCUT2D eigenvalue weighted by Crippen LogP contribution is 2.56. The molecule has 0 spiro atoms. The van der Waals surface area contributed by atoms with Gasteiger partial charge in [0.1, 0.15) is 13.2 Å². The first kappa shape index (κ1) is 16.0. The predicted molar refractivity (Wildman–Crippen MR) is 93.6 cm³/mol. The molecule has 26 heavy (non-hydrogen) atoms. The molecule has 2 amide bonds. The second kappa shape index (κ2) is 6.18. The first-order valence-electron chi connectivity index (χ1n) is 9.67. The van der Waals surface area contributed by atoms with Crippen LogP contribution in [0.1, 0.15) is 42.5 Å². The Morgan fingerprint density at radius 2 is 1.50 bits per heavy atom. The van der Waals surface area contributed by atoms with Crippen LogP contribution in [-0.2, 0) is 4.79 Å². The molecule has 0 saturated heterocycles. The first-order valence-corrected chi connectivity index (χ1v) is 9.67. The SMILES string of the molecule is O=C(NNC(=O)C1C2CC3CC(C2)CC1C3)c1ccc2c(c1)OCCO2. The van der Waals surface area contributed by atoms with Crippen LogP contribution in [-0.4, -0.2) is 25.0 Å². The molecule has 1 heterocycles. The number of rotatable bonds is 2. The lowest BCUT2D eigenvalue weighted by Crippen LogP contribution is -2.54. The number of hydrogen-bond donors (Lipinski definition) is 2. The lowest BCUT2D eigenvalue weighted by atomic mass is 9.52. The van der Waals surface area contributed by atoms with E-state index >= 15 is 0 Å². The van der Waals surface area contributed by atoms with E-state index in [2.05, 4.69) is 10.9 Å². The van der Waals surface area contributed by atoms with E-state index in [1.807, 2.05) is 0 Å². The van der Waals surface area contributed by atoms with Crippen molar-refractivity contribution in [3.05, 3.63) is 23.8 Å². The molecule has 1 aliphatic heterocycles. The fourth-order valence-corrected chi connectivity index (χ4v) is 5.81. The van der Waals surface area contributed by atoms with Gasteiger partial charge in [-0.1, -0.05) is 0 Å². The van der Waals surface area contributed by atoms with E-state index in [0.29, 0.717) is 42.1 Å². The lowest BCUT2D eigenvalue weighted by Gasteiger charge is -2.53. The van der Waals surface area contributed by atoms with E-state index in [1.54, 1.807) is 18.2 Å². The molecule has 138 valence electrons. The molecule has 4 fully saturated rings. The van der Waals surface area contributed by atoms with Crippen LogP contribution in [0.3, 0.4) is 0 Å². The van der Waals surface area contributed by atoms with Crippen LogP contribution < -0.4 is 20.3 Å². The summed E-state index contributed by atoms with van der Waals surface area (Å²) in [6.45, 7) is 0.987. The molecule has 6 rings (SSSR count). The Kier molecular flexibility index (Phi) is 3.80. The van der Waals surface area contributed by atoms with Crippen molar-refractivity contribution in [1.82, 2.24) is 10.9 Å². The average Bonchev–Trinajstić information content (AvgIpc) is 2.65. The number of benzene rings is 1. The standard InChI is InChI=1S/C20H24N2O4/c23-19(13-1-2-16-17(10-13)26-4-3-25-16)21-22-20(24)18-14-6-11-5-12(8-14)9-15(18)7-11/h1-2,10-12,14-15,18H,3-9H2,(H,21,23)(H,22,24). The molecule has 4 bridgehead atoms. The van der Waals surface area contributed by atoms with Gasteiger partial charge in [-0.05, 0) is 74.0 Å². The van der Waals surface area contributed by atoms with Crippen molar-refractivity contribution in [1.29, 1.82) is 0 Å². The summed E-state index contributed by atoms with van der Waals surface area (Å²) in [6.07, 6.45) is 6.09. The number of nitrogens with one attached hydrogen (secondary N) is 2. The molecule has 0 unspecified atom stereocenters. The van der Waals surface area contributed by atoms with E-state index in [4.69, 9.17) is 9.47 Å². The topological polar surface area (TPSA) is 76.7 Å². The maximum atomic E-state index is 12.7. The number of hydrazine groups is 1. The number of carbonyl (C=O) groups is 2. The zero-order valence-corrected chi connectivity index (χ0v) is 14.7. The predicted octanol–water partition coefficient (Wildman–Crippen LogP) is 2.29. The monoisotopic (exact) mass is 356 g/mol. The Hall–Kier alpha value is -2.24. The molecule has 6 nitrogen and oxygen atoms in total. The fourth-order valence-electron chi connectivity index (χ4n) is 5.81. The molecule has 4 saturated carbocycles. The molecule has 4 aliphatic carbocycles. The third-order valence-electron chi connectivity index (χ3n) is 6.63. The quantitative estimate of drug-likeness (QED) is 0.797. The van der Waals surface area contributed by atoms with Crippen molar-refractivity contribution in [3.8, 4) is 11.5 Å². The zero-order chi connectivity index (χ0) is 17.7. The molecule has 0 atom stereocenters. The summed E-state index contributed by atoms with van der Waals surface area (Å²) in [4.78, 5) is 25.1. The Morgan fingerprint density at radius 3 is 2.19 bits per heavy atom. The minimum absolute atomic E-state index is 0.0234. The molecule has 5 aliphatic rings. The molecule has 1 aromatic rings. The maximum absolute atomic E-state index is 12.7. The molecule has 6 heteroatoms. The van der Waals surface area contributed by atoms with Gasteiger partial charge in [-0.15, -0.1) is 0 Å². The van der Waals surface area contributed by atoms with E-state index < -0.39 is 0 Å². The van der Waals surface area contributed by atoms with Crippen LogP contribution in [0.4, 0.5) is 0 Å². The largest absolute Gasteiger partial charge is 0.486 e. The Balaban J connectivity index is 1.22. The number of ether oxygens (including phenoxy) is 2. The second-order valence-corrected chi connectivity index (χ2v) is 8.26. The molecule has 0 aromatic heterocycles. The highest BCUT2D eigenvalue weighted by molar-refractivity contribution is 5.96. The van der Waals surface area contributed by atoms with Gasteiger partial charge >= 0.3 is 0 Å². The molecule has 0 radical (unpaired) electrons. The number of amides is 2. The summed E-state index contributed by atoms with van der Waals surface area (Å²) < 4.78 is 11.0. The molecular formula is C20H24N2O4. The summed E-state index contributed by atoms with van der Waals surface area (Å²) in [7, 11) is 0. The van der Waals surface area contributed by atoms with Gasteiger partial charge < -0.3 is 9.47 Å². The maximum Gasteiger partial charge on any atom is 0.269 e. The summed E-state index contributed by atoms with van der Waals surface area (Å²) in [6, 6.07) is 5.06. The van der Waals surface area contributed by atoms with Crippen LogP contribution in [0, 0.1) is 29.6 Å². The van der Waals surface area contributed by atoms with Gasteiger partial charge in [-0.3, -0.25) is 20.4 Å². The smallest absolute Gasteiger partial charge is 0.269 e. The summed E-state index contributed by atoms with van der Waals surface area (Å²) in [5.41, 5.74) is 5.70. The molecular weight excluding hydrogens is 332 g/mol.